The first-order chi connectivity index (χ1) is 5.86. The topological polar surface area (TPSA) is 43.4 Å². The predicted octanol–water partition coefficient (Wildman–Crippen LogP) is 1.64. The number of hydrogen-bond donors (Lipinski definition) is 0. The third-order valence-electron chi connectivity index (χ3n) is 1.42. The van der Waals surface area contributed by atoms with Crippen molar-refractivity contribution in [2.24, 2.45) is 0 Å². The molecule has 1 unspecified atom stereocenters. The zero-order chi connectivity index (χ0) is 10.6. The minimum atomic E-state index is -0.776. The Bertz CT molecular complexity index is 263. The lowest BCUT2D eigenvalue weighted by molar-refractivity contribution is -0.148. The van der Waals surface area contributed by atoms with Gasteiger partial charge in [0.1, 0.15) is 0 Å². The SMILES string of the molecule is C=C(C)C(=O)OC(C)C(=O)C(=C)C. The Morgan fingerprint density at radius 2 is 1.62 bits per heavy atom. The van der Waals surface area contributed by atoms with Crippen LogP contribution in [0.3, 0.4) is 0 Å². The van der Waals surface area contributed by atoms with E-state index in [1.165, 1.54) is 13.8 Å². The second-order valence-electron chi connectivity index (χ2n) is 2.97. The maximum absolute atomic E-state index is 11.2. The van der Waals surface area contributed by atoms with E-state index in [-0.39, 0.29) is 11.4 Å². The van der Waals surface area contributed by atoms with E-state index in [4.69, 9.17) is 4.74 Å². The van der Waals surface area contributed by atoms with Crippen LogP contribution in [0.2, 0.25) is 0 Å². The molecular formula is C10H14O3. The highest BCUT2D eigenvalue weighted by Gasteiger charge is 2.17. The normalized spacial score (nSPS) is 11.6. The first-order valence-corrected chi connectivity index (χ1v) is 3.92. The number of Topliss-reactive ketones (excluding diaryl/α,β-unsaturated/α-hetero) is 1. The fourth-order valence-electron chi connectivity index (χ4n) is 0.662. The van der Waals surface area contributed by atoms with Gasteiger partial charge < -0.3 is 4.74 Å². The highest BCUT2D eigenvalue weighted by Crippen LogP contribution is 2.03. The van der Waals surface area contributed by atoms with Crippen molar-refractivity contribution in [3.05, 3.63) is 24.3 Å². The summed E-state index contributed by atoms with van der Waals surface area (Å²) < 4.78 is 4.79. The monoisotopic (exact) mass is 182 g/mol. The van der Waals surface area contributed by atoms with Crippen molar-refractivity contribution in [2.45, 2.75) is 26.9 Å². The first-order valence-electron chi connectivity index (χ1n) is 3.92. The highest BCUT2D eigenvalue weighted by molar-refractivity contribution is 5.99. The molecule has 0 fully saturated rings. The quantitative estimate of drug-likeness (QED) is 0.490. The van der Waals surface area contributed by atoms with Crippen LogP contribution in [0.4, 0.5) is 0 Å². The van der Waals surface area contributed by atoms with Crippen molar-refractivity contribution in [3.63, 3.8) is 0 Å². The average Bonchev–Trinajstić information content (AvgIpc) is 2.02. The molecule has 0 aromatic rings. The minimum Gasteiger partial charge on any atom is -0.451 e. The Labute approximate surface area is 78.1 Å². The van der Waals surface area contributed by atoms with Crippen LogP contribution in [0.25, 0.3) is 0 Å². The molecule has 0 heterocycles. The zero-order valence-corrected chi connectivity index (χ0v) is 8.22. The van der Waals surface area contributed by atoms with Crippen molar-refractivity contribution in [2.75, 3.05) is 0 Å². The molecule has 0 aliphatic carbocycles. The Balaban J connectivity index is 4.23. The number of carbonyl (C=O) groups is 2. The van der Waals surface area contributed by atoms with Gasteiger partial charge in [-0.25, -0.2) is 4.79 Å². The van der Waals surface area contributed by atoms with Crippen molar-refractivity contribution in [1.29, 1.82) is 0 Å². The average molecular weight is 182 g/mol. The van der Waals surface area contributed by atoms with Crippen LogP contribution in [0, 0.1) is 0 Å². The van der Waals surface area contributed by atoms with Crippen LogP contribution in [-0.4, -0.2) is 17.9 Å². The van der Waals surface area contributed by atoms with Gasteiger partial charge in [0, 0.05) is 5.57 Å². The summed E-state index contributed by atoms with van der Waals surface area (Å²) in [6.07, 6.45) is -0.776. The van der Waals surface area contributed by atoms with Crippen molar-refractivity contribution >= 4 is 11.8 Å². The summed E-state index contributed by atoms with van der Waals surface area (Å²) in [6, 6.07) is 0. The summed E-state index contributed by atoms with van der Waals surface area (Å²) in [5.41, 5.74) is 0.656. The number of esters is 1. The fourth-order valence-corrected chi connectivity index (χ4v) is 0.662. The Hall–Kier alpha value is -1.38. The third-order valence-corrected chi connectivity index (χ3v) is 1.42. The number of carbonyl (C=O) groups excluding carboxylic acids is 2. The molecule has 0 rings (SSSR count). The van der Waals surface area contributed by atoms with E-state index in [0.717, 1.165) is 0 Å². The number of ether oxygens (including phenoxy) is 1. The molecule has 72 valence electrons. The van der Waals surface area contributed by atoms with E-state index < -0.39 is 12.1 Å². The molecule has 3 nitrogen and oxygen atoms in total. The number of ketones is 1. The van der Waals surface area contributed by atoms with E-state index in [0.29, 0.717) is 5.57 Å². The Kier molecular flexibility index (Phi) is 4.11. The Morgan fingerprint density at radius 3 is 1.92 bits per heavy atom. The van der Waals surface area contributed by atoms with Gasteiger partial charge in [-0.05, 0) is 26.3 Å². The van der Waals surface area contributed by atoms with Crippen LogP contribution < -0.4 is 0 Å². The van der Waals surface area contributed by atoms with Gasteiger partial charge in [-0.15, -0.1) is 0 Å². The number of hydrogen-bond acceptors (Lipinski definition) is 3. The van der Waals surface area contributed by atoms with Crippen LogP contribution >= 0.6 is 0 Å². The second-order valence-corrected chi connectivity index (χ2v) is 2.97. The highest BCUT2D eigenvalue weighted by atomic mass is 16.5. The summed E-state index contributed by atoms with van der Waals surface area (Å²) in [6.45, 7) is 11.5. The van der Waals surface area contributed by atoms with Gasteiger partial charge in [-0.3, -0.25) is 4.79 Å². The first kappa shape index (κ1) is 11.6. The number of rotatable bonds is 4. The maximum Gasteiger partial charge on any atom is 0.333 e. The summed E-state index contributed by atoms with van der Waals surface area (Å²) in [7, 11) is 0. The molecule has 0 aromatic carbocycles. The van der Waals surface area contributed by atoms with E-state index >= 15 is 0 Å². The van der Waals surface area contributed by atoms with E-state index in [9.17, 15) is 9.59 Å². The maximum atomic E-state index is 11.2. The van der Waals surface area contributed by atoms with Crippen molar-refractivity contribution < 1.29 is 14.3 Å². The molecule has 1 atom stereocenters. The van der Waals surface area contributed by atoms with Crippen LogP contribution in [0.15, 0.2) is 24.3 Å². The van der Waals surface area contributed by atoms with E-state index in [2.05, 4.69) is 13.2 Å². The summed E-state index contributed by atoms with van der Waals surface area (Å²) in [5, 5.41) is 0. The molecule has 0 saturated carbocycles. The summed E-state index contributed by atoms with van der Waals surface area (Å²) in [4.78, 5) is 22.2. The Morgan fingerprint density at radius 1 is 1.15 bits per heavy atom. The minimum absolute atomic E-state index is 0.269. The molecule has 13 heavy (non-hydrogen) atoms. The molecule has 0 N–H and O–H groups in total. The van der Waals surface area contributed by atoms with Crippen LogP contribution in [0.1, 0.15) is 20.8 Å². The molecule has 0 aromatic heterocycles. The summed E-state index contributed by atoms with van der Waals surface area (Å²) in [5.74, 6) is -0.822. The van der Waals surface area contributed by atoms with Gasteiger partial charge in [0.2, 0.25) is 0 Å². The van der Waals surface area contributed by atoms with Gasteiger partial charge in [-0.2, -0.15) is 0 Å². The van der Waals surface area contributed by atoms with Crippen LogP contribution in [-0.2, 0) is 14.3 Å². The molecular weight excluding hydrogens is 168 g/mol. The smallest absolute Gasteiger partial charge is 0.333 e. The third kappa shape index (κ3) is 3.69. The molecule has 0 radical (unpaired) electrons. The van der Waals surface area contributed by atoms with Gasteiger partial charge in [-0.1, -0.05) is 13.2 Å². The van der Waals surface area contributed by atoms with Gasteiger partial charge >= 0.3 is 5.97 Å². The van der Waals surface area contributed by atoms with Gasteiger partial charge in [0.15, 0.2) is 11.9 Å². The molecule has 0 amide bonds. The molecule has 0 saturated heterocycles. The summed E-state index contributed by atoms with van der Waals surface area (Å²) >= 11 is 0. The molecule has 0 aliphatic heterocycles. The van der Waals surface area contributed by atoms with Gasteiger partial charge in [0.05, 0.1) is 0 Å². The van der Waals surface area contributed by atoms with E-state index in [1.807, 2.05) is 0 Å². The predicted molar refractivity (Wildman–Crippen MR) is 50.2 cm³/mol. The molecule has 0 bridgehead atoms. The standard InChI is InChI=1S/C10H14O3/c1-6(2)9(11)8(5)13-10(12)7(3)4/h8H,1,3H2,2,4-5H3. The van der Waals surface area contributed by atoms with Crippen molar-refractivity contribution in [3.8, 4) is 0 Å². The van der Waals surface area contributed by atoms with Gasteiger partial charge in [0.25, 0.3) is 0 Å². The lowest BCUT2D eigenvalue weighted by Crippen LogP contribution is -2.24. The molecule has 3 heteroatoms. The molecule has 0 spiro atoms. The lowest BCUT2D eigenvalue weighted by atomic mass is 10.1. The van der Waals surface area contributed by atoms with Crippen molar-refractivity contribution in [1.82, 2.24) is 0 Å². The zero-order valence-electron chi connectivity index (χ0n) is 8.22. The second kappa shape index (κ2) is 4.60. The largest absolute Gasteiger partial charge is 0.451 e. The van der Waals surface area contributed by atoms with Crippen LogP contribution in [0.5, 0.6) is 0 Å². The van der Waals surface area contributed by atoms with E-state index in [1.54, 1.807) is 6.92 Å². The lowest BCUT2D eigenvalue weighted by Gasteiger charge is -2.11. The molecule has 0 aliphatic rings. The fraction of sp³-hybridized carbons (Fsp3) is 0.400.